The number of piperidine rings is 1. The summed E-state index contributed by atoms with van der Waals surface area (Å²) in [5.74, 6) is 0.437. The topological polar surface area (TPSA) is 83.6 Å². The van der Waals surface area contributed by atoms with Crippen LogP contribution in [-0.4, -0.2) is 68.0 Å². The first-order valence-electron chi connectivity index (χ1n) is 8.44. The van der Waals surface area contributed by atoms with Crippen molar-refractivity contribution in [3.8, 4) is 0 Å². The van der Waals surface area contributed by atoms with Gasteiger partial charge in [0, 0.05) is 39.5 Å². The van der Waals surface area contributed by atoms with Crippen molar-refractivity contribution in [2.75, 3.05) is 46.2 Å². The Hall–Kier alpha value is -1.80. The molecule has 0 bridgehead atoms. The largest absolute Gasteiger partial charge is 0.383 e. The number of pyridine rings is 1. The zero-order chi connectivity index (χ0) is 18.1. The van der Waals surface area contributed by atoms with E-state index in [1.807, 2.05) is 17.2 Å². The number of aromatic nitrogens is 1. The molecule has 2 heterocycles. The quantitative estimate of drug-likeness (QED) is 0.566. The Labute approximate surface area is 152 Å². The minimum absolute atomic E-state index is 0.0427. The van der Waals surface area contributed by atoms with Gasteiger partial charge in [-0.15, -0.1) is 11.8 Å². The van der Waals surface area contributed by atoms with Crippen LogP contribution in [0.15, 0.2) is 23.4 Å². The molecule has 2 rings (SSSR count). The first kappa shape index (κ1) is 19.5. The lowest BCUT2D eigenvalue weighted by atomic mass is 9.96. The van der Waals surface area contributed by atoms with E-state index in [1.165, 1.54) is 11.8 Å². The molecule has 0 aromatic carbocycles. The van der Waals surface area contributed by atoms with Gasteiger partial charge in [0.15, 0.2) is 0 Å². The van der Waals surface area contributed by atoms with Crippen molar-refractivity contribution in [3.63, 3.8) is 0 Å². The summed E-state index contributed by atoms with van der Waals surface area (Å²) >= 11 is 1.49. The van der Waals surface area contributed by atoms with Crippen LogP contribution in [0.1, 0.15) is 23.2 Å². The summed E-state index contributed by atoms with van der Waals surface area (Å²) < 4.78 is 4.89. The number of carbonyl (C=O) groups is 2. The Bertz CT molecular complexity index is 577. The molecule has 2 N–H and O–H groups in total. The van der Waals surface area contributed by atoms with Crippen molar-refractivity contribution in [3.05, 3.63) is 23.9 Å². The Kier molecular flexibility index (Phi) is 8.00. The van der Waals surface area contributed by atoms with Crippen molar-refractivity contribution in [1.82, 2.24) is 20.5 Å². The lowest BCUT2D eigenvalue weighted by molar-refractivity contribution is 0.0686. The van der Waals surface area contributed by atoms with E-state index < -0.39 is 0 Å². The third-order valence-electron chi connectivity index (χ3n) is 4.24. The van der Waals surface area contributed by atoms with Crippen LogP contribution in [-0.2, 0) is 4.74 Å². The van der Waals surface area contributed by atoms with Crippen molar-refractivity contribution in [2.45, 2.75) is 17.9 Å². The molecule has 8 heteroatoms. The lowest BCUT2D eigenvalue weighted by Crippen LogP contribution is -2.44. The van der Waals surface area contributed by atoms with Gasteiger partial charge in [-0.1, -0.05) is 0 Å². The molecule has 0 saturated carbocycles. The summed E-state index contributed by atoms with van der Waals surface area (Å²) in [6, 6.07) is 3.46. The van der Waals surface area contributed by atoms with Crippen LogP contribution in [0, 0.1) is 5.92 Å². The second-order valence-electron chi connectivity index (χ2n) is 5.93. The van der Waals surface area contributed by atoms with Gasteiger partial charge in [-0.3, -0.25) is 4.79 Å². The third-order valence-corrected chi connectivity index (χ3v) is 4.95. The average molecular weight is 366 g/mol. The van der Waals surface area contributed by atoms with Gasteiger partial charge in [0.1, 0.15) is 5.03 Å². The molecule has 1 aliphatic heterocycles. The summed E-state index contributed by atoms with van der Waals surface area (Å²) in [5, 5.41) is 6.39. The van der Waals surface area contributed by atoms with Crippen LogP contribution in [0.25, 0.3) is 0 Å². The molecule has 0 unspecified atom stereocenters. The molecule has 1 fully saturated rings. The molecule has 3 amide bonds. The van der Waals surface area contributed by atoms with E-state index in [0.29, 0.717) is 44.3 Å². The number of hydrogen-bond donors (Lipinski definition) is 2. The number of nitrogens with one attached hydrogen (secondary N) is 2. The molecule has 7 nitrogen and oxygen atoms in total. The van der Waals surface area contributed by atoms with Crippen LogP contribution >= 0.6 is 11.8 Å². The number of hydrogen-bond acceptors (Lipinski definition) is 5. The highest BCUT2D eigenvalue weighted by atomic mass is 32.2. The Morgan fingerprint density at radius 2 is 2.12 bits per heavy atom. The maximum Gasteiger partial charge on any atom is 0.314 e. The normalized spacial score (nSPS) is 15.0. The fourth-order valence-corrected chi connectivity index (χ4v) is 3.33. The summed E-state index contributed by atoms with van der Waals surface area (Å²) in [7, 11) is 1.60. The number of methoxy groups -OCH3 is 1. The standard InChI is InChI=1S/C17H26N4O3S/c1-24-11-8-19-17(23)20-12-13-5-9-21(10-6-13)16(22)14-4-3-7-18-15(14)25-2/h3-4,7,13H,5-6,8-12H2,1-2H3,(H2,19,20,23). The van der Waals surface area contributed by atoms with Gasteiger partial charge in [0.25, 0.3) is 5.91 Å². The zero-order valence-electron chi connectivity index (χ0n) is 14.8. The SMILES string of the molecule is COCCNC(=O)NCC1CCN(C(=O)c2cccnc2SC)CC1. The van der Waals surface area contributed by atoms with Gasteiger partial charge < -0.3 is 20.3 Å². The smallest absolute Gasteiger partial charge is 0.314 e. The van der Waals surface area contributed by atoms with Gasteiger partial charge in [0.2, 0.25) is 0 Å². The van der Waals surface area contributed by atoms with E-state index in [1.54, 1.807) is 19.4 Å². The molecule has 138 valence electrons. The van der Waals surface area contributed by atoms with Crippen LogP contribution in [0.3, 0.4) is 0 Å². The first-order chi connectivity index (χ1) is 12.2. The molecule has 1 aromatic rings. The molecule has 1 saturated heterocycles. The summed E-state index contributed by atoms with van der Waals surface area (Å²) in [5.41, 5.74) is 0.670. The Balaban J connectivity index is 1.76. The molecule has 25 heavy (non-hydrogen) atoms. The van der Waals surface area contributed by atoms with Crippen LogP contribution in [0.2, 0.25) is 0 Å². The Morgan fingerprint density at radius 3 is 2.80 bits per heavy atom. The van der Waals surface area contributed by atoms with Gasteiger partial charge in [-0.2, -0.15) is 0 Å². The van der Waals surface area contributed by atoms with Crippen molar-refractivity contribution in [1.29, 1.82) is 0 Å². The number of nitrogens with zero attached hydrogens (tertiary/aromatic N) is 2. The molecule has 1 aliphatic rings. The maximum atomic E-state index is 12.7. The maximum absolute atomic E-state index is 12.7. The van der Waals surface area contributed by atoms with Crippen LogP contribution in [0.5, 0.6) is 0 Å². The molecular weight excluding hydrogens is 340 g/mol. The number of carbonyl (C=O) groups excluding carboxylic acids is 2. The Morgan fingerprint density at radius 1 is 1.36 bits per heavy atom. The van der Waals surface area contributed by atoms with E-state index in [-0.39, 0.29) is 11.9 Å². The molecule has 0 aliphatic carbocycles. The van der Waals surface area contributed by atoms with E-state index in [2.05, 4.69) is 15.6 Å². The minimum Gasteiger partial charge on any atom is -0.383 e. The third kappa shape index (κ3) is 5.89. The molecule has 1 aromatic heterocycles. The van der Waals surface area contributed by atoms with Gasteiger partial charge in [-0.05, 0) is 37.1 Å². The average Bonchev–Trinajstić information content (AvgIpc) is 2.66. The number of amides is 3. The molecule has 0 spiro atoms. The molecule has 0 atom stereocenters. The number of urea groups is 1. The number of likely N-dealkylation sites (tertiary alicyclic amines) is 1. The van der Waals surface area contributed by atoms with E-state index >= 15 is 0 Å². The second-order valence-corrected chi connectivity index (χ2v) is 6.72. The summed E-state index contributed by atoms with van der Waals surface area (Å²) in [6.07, 6.45) is 5.41. The second kappa shape index (κ2) is 10.2. The van der Waals surface area contributed by atoms with Gasteiger partial charge in [-0.25, -0.2) is 9.78 Å². The highest BCUT2D eigenvalue weighted by Crippen LogP contribution is 2.22. The highest BCUT2D eigenvalue weighted by Gasteiger charge is 2.25. The molecule has 0 radical (unpaired) electrons. The summed E-state index contributed by atoms with van der Waals surface area (Å²) in [6.45, 7) is 3.04. The predicted octanol–water partition coefficient (Wildman–Crippen LogP) is 1.60. The van der Waals surface area contributed by atoms with E-state index in [9.17, 15) is 9.59 Å². The first-order valence-corrected chi connectivity index (χ1v) is 9.67. The number of ether oxygens (including phenoxy) is 1. The van der Waals surface area contributed by atoms with Crippen molar-refractivity contribution in [2.24, 2.45) is 5.92 Å². The molecular formula is C17H26N4O3S. The number of rotatable bonds is 7. The monoisotopic (exact) mass is 366 g/mol. The fraction of sp³-hybridized carbons (Fsp3) is 0.588. The highest BCUT2D eigenvalue weighted by molar-refractivity contribution is 7.98. The predicted molar refractivity (Wildman–Crippen MR) is 97.9 cm³/mol. The zero-order valence-corrected chi connectivity index (χ0v) is 15.6. The van der Waals surface area contributed by atoms with Crippen molar-refractivity contribution >= 4 is 23.7 Å². The number of thioether (sulfide) groups is 1. The van der Waals surface area contributed by atoms with E-state index in [0.717, 1.165) is 17.9 Å². The van der Waals surface area contributed by atoms with Gasteiger partial charge >= 0.3 is 6.03 Å². The fourth-order valence-electron chi connectivity index (χ4n) is 2.79. The van der Waals surface area contributed by atoms with Gasteiger partial charge in [0.05, 0.1) is 12.2 Å². The van der Waals surface area contributed by atoms with Crippen LogP contribution < -0.4 is 10.6 Å². The van der Waals surface area contributed by atoms with E-state index in [4.69, 9.17) is 4.74 Å². The lowest BCUT2D eigenvalue weighted by Gasteiger charge is -2.32. The summed E-state index contributed by atoms with van der Waals surface area (Å²) in [4.78, 5) is 30.5. The van der Waals surface area contributed by atoms with Crippen LogP contribution in [0.4, 0.5) is 4.79 Å². The van der Waals surface area contributed by atoms with Crippen molar-refractivity contribution < 1.29 is 14.3 Å². The minimum atomic E-state index is -0.171.